The van der Waals surface area contributed by atoms with Crippen molar-refractivity contribution in [2.24, 2.45) is 12.0 Å². The molecular weight excluding hydrogens is 340 g/mol. The number of aliphatic imine (C=N–C) groups is 1. The molecule has 108 valence electrons. The van der Waals surface area contributed by atoms with Crippen molar-refractivity contribution in [3.63, 3.8) is 0 Å². The third-order valence-electron chi connectivity index (χ3n) is 2.58. The van der Waals surface area contributed by atoms with E-state index in [1.807, 2.05) is 14.0 Å². The highest BCUT2D eigenvalue weighted by molar-refractivity contribution is 9.10. The van der Waals surface area contributed by atoms with Gasteiger partial charge in [0.15, 0.2) is 5.96 Å². The van der Waals surface area contributed by atoms with Gasteiger partial charge in [-0.3, -0.25) is 4.68 Å². The molecule has 0 aromatic carbocycles. The molecule has 0 aliphatic heterocycles. The van der Waals surface area contributed by atoms with Crippen LogP contribution in [0.5, 0.6) is 0 Å². The second kappa shape index (κ2) is 7.39. The molecule has 6 nitrogen and oxygen atoms in total. The molecule has 0 aliphatic rings. The standard InChI is InChI=1S/C12H17BrN6S/c1-3-14-12(15-5-10-4-9(13)7-20-10)16-6-11-17-8-18-19(11)2/h4,7-8H,3,5-6H2,1-2H3,(H2,14,15,16). The van der Waals surface area contributed by atoms with E-state index in [1.165, 1.54) is 11.2 Å². The zero-order valence-corrected chi connectivity index (χ0v) is 13.8. The molecule has 0 amide bonds. The van der Waals surface area contributed by atoms with Crippen LogP contribution >= 0.6 is 27.3 Å². The van der Waals surface area contributed by atoms with Crippen LogP contribution in [-0.4, -0.2) is 27.3 Å². The first-order chi connectivity index (χ1) is 9.69. The van der Waals surface area contributed by atoms with Crippen LogP contribution in [0.15, 0.2) is 27.2 Å². The molecule has 2 aromatic heterocycles. The number of thiophene rings is 1. The lowest BCUT2D eigenvalue weighted by molar-refractivity contribution is 0.697. The predicted octanol–water partition coefficient (Wildman–Crippen LogP) is 1.89. The van der Waals surface area contributed by atoms with Crippen LogP contribution in [0.25, 0.3) is 0 Å². The fourth-order valence-electron chi connectivity index (χ4n) is 1.57. The maximum Gasteiger partial charge on any atom is 0.191 e. The van der Waals surface area contributed by atoms with Crippen LogP contribution in [0.3, 0.4) is 0 Å². The predicted molar refractivity (Wildman–Crippen MR) is 84.7 cm³/mol. The lowest BCUT2D eigenvalue weighted by Crippen LogP contribution is -2.36. The molecule has 20 heavy (non-hydrogen) atoms. The van der Waals surface area contributed by atoms with Crippen molar-refractivity contribution in [1.82, 2.24) is 25.4 Å². The van der Waals surface area contributed by atoms with E-state index in [-0.39, 0.29) is 0 Å². The van der Waals surface area contributed by atoms with E-state index >= 15 is 0 Å². The van der Waals surface area contributed by atoms with Gasteiger partial charge in [-0.25, -0.2) is 9.98 Å². The van der Waals surface area contributed by atoms with E-state index in [0.717, 1.165) is 29.3 Å². The van der Waals surface area contributed by atoms with E-state index in [2.05, 4.69) is 53.1 Å². The minimum absolute atomic E-state index is 0.500. The van der Waals surface area contributed by atoms with Crippen LogP contribution in [0.2, 0.25) is 0 Å². The molecule has 2 heterocycles. The van der Waals surface area contributed by atoms with Crippen molar-refractivity contribution in [1.29, 1.82) is 0 Å². The van der Waals surface area contributed by atoms with E-state index in [4.69, 9.17) is 0 Å². The van der Waals surface area contributed by atoms with Gasteiger partial charge >= 0.3 is 0 Å². The number of nitrogens with one attached hydrogen (secondary N) is 2. The van der Waals surface area contributed by atoms with Crippen LogP contribution in [0.1, 0.15) is 17.6 Å². The Kier molecular flexibility index (Phi) is 5.54. The molecule has 0 radical (unpaired) electrons. The fourth-order valence-corrected chi connectivity index (χ4v) is 2.96. The number of aryl methyl sites for hydroxylation is 1. The van der Waals surface area contributed by atoms with Gasteiger partial charge < -0.3 is 10.6 Å². The van der Waals surface area contributed by atoms with Crippen molar-refractivity contribution >= 4 is 33.2 Å². The number of hydrogen-bond donors (Lipinski definition) is 2. The SMILES string of the molecule is CCNC(=NCc1ncnn1C)NCc1cc(Br)cs1. The average molecular weight is 357 g/mol. The number of hydrogen-bond acceptors (Lipinski definition) is 4. The lowest BCUT2D eigenvalue weighted by Gasteiger charge is -2.10. The Morgan fingerprint density at radius 1 is 1.50 bits per heavy atom. The van der Waals surface area contributed by atoms with Crippen molar-refractivity contribution in [3.05, 3.63) is 32.9 Å². The summed E-state index contributed by atoms with van der Waals surface area (Å²) in [6.07, 6.45) is 1.54. The number of rotatable bonds is 5. The molecule has 0 atom stereocenters. The maximum atomic E-state index is 4.50. The van der Waals surface area contributed by atoms with E-state index in [9.17, 15) is 0 Å². The van der Waals surface area contributed by atoms with Gasteiger partial charge in [-0.15, -0.1) is 11.3 Å². The Labute approximate surface area is 130 Å². The summed E-state index contributed by atoms with van der Waals surface area (Å²) in [5, 5.41) is 12.6. The number of nitrogens with zero attached hydrogens (tertiary/aromatic N) is 4. The van der Waals surface area contributed by atoms with Crippen molar-refractivity contribution in [3.8, 4) is 0 Å². The molecule has 0 spiro atoms. The lowest BCUT2D eigenvalue weighted by atomic mass is 10.4. The molecule has 0 unspecified atom stereocenters. The summed E-state index contributed by atoms with van der Waals surface area (Å²) in [6, 6.07) is 2.10. The first-order valence-electron chi connectivity index (χ1n) is 6.27. The van der Waals surface area contributed by atoms with Gasteiger partial charge in [0, 0.05) is 28.3 Å². The molecule has 0 bridgehead atoms. The average Bonchev–Trinajstić information content (AvgIpc) is 3.02. The van der Waals surface area contributed by atoms with Crippen LogP contribution in [0.4, 0.5) is 0 Å². The van der Waals surface area contributed by atoms with Gasteiger partial charge in [-0.2, -0.15) is 5.10 Å². The molecule has 0 saturated heterocycles. The maximum absolute atomic E-state index is 4.50. The number of guanidine groups is 1. The zero-order chi connectivity index (χ0) is 14.4. The number of aromatic nitrogens is 3. The molecule has 0 aliphatic carbocycles. The normalized spacial score (nSPS) is 11.7. The zero-order valence-electron chi connectivity index (χ0n) is 11.4. The third kappa shape index (κ3) is 4.31. The Hall–Kier alpha value is -1.41. The summed E-state index contributed by atoms with van der Waals surface area (Å²) in [5.41, 5.74) is 0. The van der Waals surface area contributed by atoms with Crippen molar-refractivity contribution < 1.29 is 0 Å². The smallest absolute Gasteiger partial charge is 0.191 e. The van der Waals surface area contributed by atoms with E-state index < -0.39 is 0 Å². The summed E-state index contributed by atoms with van der Waals surface area (Å²) < 4.78 is 2.84. The first kappa shape index (κ1) is 15.0. The van der Waals surface area contributed by atoms with E-state index in [0.29, 0.717) is 6.54 Å². The molecule has 0 saturated carbocycles. The van der Waals surface area contributed by atoms with Gasteiger partial charge in [0.25, 0.3) is 0 Å². The largest absolute Gasteiger partial charge is 0.357 e. The van der Waals surface area contributed by atoms with E-state index in [1.54, 1.807) is 16.0 Å². The minimum Gasteiger partial charge on any atom is -0.357 e. The quantitative estimate of drug-likeness (QED) is 0.634. The van der Waals surface area contributed by atoms with Crippen molar-refractivity contribution in [2.45, 2.75) is 20.0 Å². The van der Waals surface area contributed by atoms with Gasteiger partial charge in [0.1, 0.15) is 18.7 Å². The molecule has 2 aromatic rings. The van der Waals surface area contributed by atoms with Crippen LogP contribution in [-0.2, 0) is 20.1 Å². The first-order valence-corrected chi connectivity index (χ1v) is 7.94. The van der Waals surface area contributed by atoms with Crippen LogP contribution in [0, 0.1) is 0 Å². The molecule has 2 N–H and O–H groups in total. The second-order valence-electron chi connectivity index (χ2n) is 4.08. The summed E-state index contributed by atoms with van der Waals surface area (Å²) in [5.74, 6) is 1.61. The van der Waals surface area contributed by atoms with Gasteiger partial charge in [-0.05, 0) is 28.9 Å². The second-order valence-corrected chi connectivity index (χ2v) is 5.99. The minimum atomic E-state index is 0.500. The Balaban J connectivity index is 1.94. The Morgan fingerprint density at radius 3 is 2.95 bits per heavy atom. The fraction of sp³-hybridized carbons (Fsp3) is 0.417. The highest BCUT2D eigenvalue weighted by Gasteiger charge is 2.03. The number of halogens is 1. The van der Waals surface area contributed by atoms with Gasteiger partial charge in [0.05, 0.1) is 6.54 Å². The third-order valence-corrected chi connectivity index (χ3v) is 4.28. The molecule has 8 heteroatoms. The summed E-state index contributed by atoms with van der Waals surface area (Å²) in [7, 11) is 1.86. The summed E-state index contributed by atoms with van der Waals surface area (Å²) in [6.45, 7) is 4.11. The Morgan fingerprint density at radius 2 is 2.35 bits per heavy atom. The monoisotopic (exact) mass is 356 g/mol. The molecule has 2 rings (SSSR count). The summed E-state index contributed by atoms with van der Waals surface area (Å²) >= 11 is 5.16. The summed E-state index contributed by atoms with van der Waals surface area (Å²) in [4.78, 5) is 9.91. The Bertz CT molecular complexity index is 576. The molecular formula is C12H17BrN6S. The van der Waals surface area contributed by atoms with Crippen molar-refractivity contribution in [2.75, 3.05) is 6.54 Å². The van der Waals surface area contributed by atoms with Crippen LogP contribution < -0.4 is 10.6 Å². The highest BCUT2D eigenvalue weighted by Crippen LogP contribution is 2.19. The van der Waals surface area contributed by atoms with Gasteiger partial charge in [0.2, 0.25) is 0 Å². The topological polar surface area (TPSA) is 67.1 Å². The highest BCUT2D eigenvalue weighted by atomic mass is 79.9. The molecule has 0 fully saturated rings. The van der Waals surface area contributed by atoms with Gasteiger partial charge in [-0.1, -0.05) is 0 Å².